The Bertz CT molecular complexity index is 380. The molecule has 2 rings (SSSR count). The van der Waals surface area contributed by atoms with Gasteiger partial charge in [0.2, 0.25) is 0 Å². The van der Waals surface area contributed by atoms with Crippen LogP contribution in [0.1, 0.15) is 24.8 Å². The molecule has 13 heavy (non-hydrogen) atoms. The van der Waals surface area contributed by atoms with Gasteiger partial charge in [-0.15, -0.1) is 0 Å². The molecular weight excluding hydrogens is 165 g/mol. The molecule has 0 heterocycles. The van der Waals surface area contributed by atoms with Gasteiger partial charge in [-0.2, -0.15) is 5.26 Å². The molecule has 0 bridgehead atoms. The smallest absolute Gasteiger partial charge is 0.126 e. The van der Waals surface area contributed by atoms with Gasteiger partial charge in [-0.05, 0) is 25.0 Å². The quantitative estimate of drug-likeness (QED) is 0.643. The first-order valence-corrected chi connectivity index (χ1v) is 4.33. The van der Waals surface area contributed by atoms with Crippen LogP contribution in [0.3, 0.4) is 0 Å². The van der Waals surface area contributed by atoms with Gasteiger partial charge < -0.3 is 0 Å². The largest absolute Gasteiger partial charge is 0.207 e. The zero-order valence-electron chi connectivity index (χ0n) is 7.42. The fourth-order valence-electron chi connectivity index (χ4n) is 1.70. The lowest BCUT2D eigenvalue weighted by molar-refractivity contribution is 0.599. The van der Waals surface area contributed by atoms with Gasteiger partial charge in [0.25, 0.3) is 0 Å². The summed E-state index contributed by atoms with van der Waals surface area (Å²) < 4.78 is 13.3. The van der Waals surface area contributed by atoms with Crippen LogP contribution in [0, 0.1) is 22.6 Å². The maximum Gasteiger partial charge on any atom is 0.126 e. The molecule has 0 spiro atoms. The highest BCUT2D eigenvalue weighted by Crippen LogP contribution is 2.58. The van der Waals surface area contributed by atoms with Crippen LogP contribution in [-0.2, 0) is 0 Å². The highest BCUT2D eigenvalue weighted by Gasteiger charge is 2.52. The zero-order valence-corrected chi connectivity index (χ0v) is 7.42. The van der Waals surface area contributed by atoms with Crippen LogP contribution in [0.25, 0.3) is 0 Å². The molecule has 1 aliphatic rings. The van der Waals surface area contributed by atoms with Crippen LogP contribution in [0.2, 0.25) is 0 Å². The van der Waals surface area contributed by atoms with Crippen molar-refractivity contribution in [3.05, 3.63) is 35.6 Å². The molecule has 2 unspecified atom stereocenters. The van der Waals surface area contributed by atoms with E-state index < -0.39 is 0 Å². The van der Waals surface area contributed by atoms with Crippen molar-refractivity contribution in [2.75, 3.05) is 0 Å². The van der Waals surface area contributed by atoms with E-state index in [0.29, 0.717) is 5.56 Å². The van der Waals surface area contributed by atoms with Gasteiger partial charge in [0.05, 0.1) is 11.5 Å². The van der Waals surface area contributed by atoms with E-state index in [4.69, 9.17) is 5.26 Å². The summed E-state index contributed by atoms with van der Waals surface area (Å²) in [6.45, 7) is 1.88. The molecule has 1 nitrogen and oxygen atoms in total. The molecule has 0 saturated heterocycles. The van der Waals surface area contributed by atoms with Crippen LogP contribution < -0.4 is 0 Å². The summed E-state index contributed by atoms with van der Waals surface area (Å²) in [5.41, 5.74) is 0.355. The van der Waals surface area contributed by atoms with E-state index in [1.807, 2.05) is 13.0 Å². The first-order valence-electron chi connectivity index (χ1n) is 4.33. The third-order valence-corrected chi connectivity index (χ3v) is 2.77. The monoisotopic (exact) mass is 175 g/mol. The molecule has 0 aliphatic heterocycles. The molecule has 1 saturated carbocycles. The highest BCUT2D eigenvalue weighted by atomic mass is 19.1. The highest BCUT2D eigenvalue weighted by molar-refractivity contribution is 5.34. The average Bonchev–Trinajstić information content (AvgIpc) is 2.80. The van der Waals surface area contributed by atoms with E-state index >= 15 is 0 Å². The van der Waals surface area contributed by atoms with Crippen LogP contribution in [0.4, 0.5) is 4.39 Å². The Morgan fingerprint density at radius 1 is 1.54 bits per heavy atom. The second-order valence-corrected chi connectivity index (χ2v) is 3.81. The van der Waals surface area contributed by atoms with Crippen molar-refractivity contribution < 1.29 is 4.39 Å². The number of rotatable bonds is 1. The fraction of sp³-hybridized carbons (Fsp3) is 0.364. The minimum Gasteiger partial charge on any atom is -0.207 e. The molecular formula is C11H10FN. The minimum absolute atomic E-state index is 0.0960. The van der Waals surface area contributed by atoms with Crippen molar-refractivity contribution >= 4 is 0 Å². The molecule has 66 valence electrons. The Balaban J connectivity index is 2.32. The van der Waals surface area contributed by atoms with Gasteiger partial charge in [-0.3, -0.25) is 0 Å². The normalized spacial score (nSPS) is 31.0. The van der Waals surface area contributed by atoms with Crippen molar-refractivity contribution in [3.63, 3.8) is 0 Å². The first kappa shape index (κ1) is 8.25. The number of nitriles is 1. The Labute approximate surface area is 76.8 Å². The van der Waals surface area contributed by atoms with Crippen molar-refractivity contribution in [1.82, 2.24) is 0 Å². The summed E-state index contributed by atoms with van der Waals surface area (Å²) in [5, 5.41) is 8.82. The molecule has 0 amide bonds. The lowest BCUT2D eigenvalue weighted by Crippen LogP contribution is -1.94. The Kier molecular flexibility index (Phi) is 1.63. The third kappa shape index (κ3) is 1.21. The summed E-state index contributed by atoms with van der Waals surface area (Å²) in [6, 6.07) is 8.93. The number of hydrogen-bond acceptors (Lipinski definition) is 1. The topological polar surface area (TPSA) is 23.8 Å². The number of halogens is 1. The SMILES string of the molecule is CC1(C#N)CC1c1ccccc1F. The summed E-state index contributed by atoms with van der Waals surface area (Å²) >= 11 is 0. The maximum atomic E-state index is 13.3. The number of nitrogens with zero attached hydrogens (tertiary/aromatic N) is 1. The Morgan fingerprint density at radius 2 is 2.23 bits per heavy atom. The van der Waals surface area contributed by atoms with Crippen molar-refractivity contribution in [3.8, 4) is 6.07 Å². The van der Waals surface area contributed by atoms with Crippen LogP contribution in [-0.4, -0.2) is 0 Å². The standard InChI is InChI=1S/C11H10FN/c1-11(7-13)6-9(11)8-4-2-3-5-10(8)12/h2-5,9H,6H2,1H3. The molecule has 1 aromatic carbocycles. The first-order chi connectivity index (χ1) is 6.17. The predicted molar refractivity (Wildman–Crippen MR) is 47.5 cm³/mol. The molecule has 1 fully saturated rings. The number of hydrogen-bond donors (Lipinski definition) is 0. The summed E-state index contributed by atoms with van der Waals surface area (Å²) in [4.78, 5) is 0. The molecule has 0 N–H and O–H groups in total. The van der Waals surface area contributed by atoms with Crippen molar-refractivity contribution in [2.45, 2.75) is 19.3 Å². The molecule has 2 heteroatoms. The second-order valence-electron chi connectivity index (χ2n) is 3.81. The Hall–Kier alpha value is -1.36. The van der Waals surface area contributed by atoms with Crippen LogP contribution in [0.5, 0.6) is 0 Å². The van der Waals surface area contributed by atoms with Gasteiger partial charge in [0.15, 0.2) is 0 Å². The van der Waals surface area contributed by atoms with Crippen LogP contribution >= 0.6 is 0 Å². The van der Waals surface area contributed by atoms with E-state index in [1.165, 1.54) is 6.07 Å². The van der Waals surface area contributed by atoms with Gasteiger partial charge in [-0.1, -0.05) is 18.2 Å². The van der Waals surface area contributed by atoms with Gasteiger partial charge in [0, 0.05) is 5.92 Å². The van der Waals surface area contributed by atoms with E-state index in [-0.39, 0.29) is 17.2 Å². The zero-order chi connectivity index (χ0) is 9.47. The molecule has 2 atom stereocenters. The van der Waals surface area contributed by atoms with E-state index in [2.05, 4.69) is 6.07 Å². The van der Waals surface area contributed by atoms with Gasteiger partial charge >= 0.3 is 0 Å². The summed E-state index contributed by atoms with van der Waals surface area (Å²) in [7, 11) is 0. The van der Waals surface area contributed by atoms with Crippen molar-refractivity contribution in [1.29, 1.82) is 5.26 Å². The number of benzene rings is 1. The molecule has 0 aromatic heterocycles. The molecule has 1 aliphatic carbocycles. The third-order valence-electron chi connectivity index (χ3n) is 2.77. The molecule has 0 radical (unpaired) electrons. The minimum atomic E-state index is -0.331. The van der Waals surface area contributed by atoms with Gasteiger partial charge in [0.1, 0.15) is 5.82 Å². The van der Waals surface area contributed by atoms with E-state index in [0.717, 1.165) is 6.42 Å². The lowest BCUT2D eigenvalue weighted by atomic mass is 10.0. The van der Waals surface area contributed by atoms with Gasteiger partial charge in [-0.25, -0.2) is 4.39 Å². The fourth-order valence-corrected chi connectivity index (χ4v) is 1.70. The average molecular weight is 175 g/mol. The van der Waals surface area contributed by atoms with E-state index in [9.17, 15) is 4.39 Å². The van der Waals surface area contributed by atoms with Crippen molar-refractivity contribution in [2.24, 2.45) is 5.41 Å². The summed E-state index contributed by atoms with van der Waals surface area (Å²) in [5.74, 6) is -0.0924. The maximum absolute atomic E-state index is 13.3. The summed E-state index contributed by atoms with van der Waals surface area (Å²) in [6.07, 6.45) is 0.782. The van der Waals surface area contributed by atoms with Crippen LogP contribution in [0.15, 0.2) is 24.3 Å². The lowest BCUT2D eigenvalue weighted by Gasteiger charge is -2.02. The van der Waals surface area contributed by atoms with E-state index in [1.54, 1.807) is 12.1 Å². The second kappa shape index (κ2) is 2.56. The predicted octanol–water partition coefficient (Wildman–Crippen LogP) is 2.84. The molecule has 1 aromatic rings. The Morgan fingerprint density at radius 3 is 2.77 bits per heavy atom.